The topological polar surface area (TPSA) is 38.9 Å². The van der Waals surface area contributed by atoms with Crippen LogP contribution in [-0.4, -0.2) is 4.98 Å². The highest BCUT2D eigenvalue weighted by Gasteiger charge is 2.03. The standard InChI is InChI=1S/C10H8ClFN2/c11-10-7(5-13)3-6-1-2-8(12)4-9(6)14-10/h1-4H,5,13H2. The van der Waals surface area contributed by atoms with Crippen molar-refractivity contribution in [2.75, 3.05) is 0 Å². The van der Waals surface area contributed by atoms with Crippen LogP contribution in [0.3, 0.4) is 0 Å². The highest BCUT2D eigenvalue weighted by atomic mass is 35.5. The lowest BCUT2D eigenvalue weighted by molar-refractivity contribution is 0.629. The SMILES string of the molecule is NCc1cc2ccc(F)cc2nc1Cl. The molecule has 0 spiro atoms. The van der Waals surface area contributed by atoms with E-state index in [4.69, 9.17) is 17.3 Å². The number of nitrogens with two attached hydrogens (primary N) is 1. The van der Waals surface area contributed by atoms with E-state index in [1.807, 2.05) is 6.07 Å². The van der Waals surface area contributed by atoms with Crippen molar-refractivity contribution in [3.8, 4) is 0 Å². The molecule has 0 radical (unpaired) electrons. The number of halogens is 2. The number of fused-ring (bicyclic) bond motifs is 1. The summed E-state index contributed by atoms with van der Waals surface area (Å²) < 4.78 is 12.8. The molecule has 2 aromatic rings. The molecule has 1 aromatic carbocycles. The maximum atomic E-state index is 12.8. The molecule has 2 rings (SSSR count). The summed E-state index contributed by atoms with van der Waals surface area (Å²) in [4.78, 5) is 4.05. The van der Waals surface area contributed by atoms with Gasteiger partial charge in [-0.15, -0.1) is 0 Å². The van der Waals surface area contributed by atoms with Crippen molar-refractivity contribution in [2.45, 2.75) is 6.54 Å². The first-order valence-electron chi connectivity index (χ1n) is 4.15. The van der Waals surface area contributed by atoms with Gasteiger partial charge in [-0.05, 0) is 18.2 Å². The third-order valence-electron chi connectivity index (χ3n) is 2.03. The van der Waals surface area contributed by atoms with Gasteiger partial charge >= 0.3 is 0 Å². The number of nitrogens with zero attached hydrogens (tertiary/aromatic N) is 1. The zero-order valence-corrected chi connectivity index (χ0v) is 8.05. The molecule has 1 aromatic heterocycles. The second-order valence-corrected chi connectivity index (χ2v) is 3.34. The van der Waals surface area contributed by atoms with Gasteiger partial charge in [-0.25, -0.2) is 9.37 Å². The zero-order valence-electron chi connectivity index (χ0n) is 7.30. The minimum atomic E-state index is -0.318. The Morgan fingerprint density at radius 3 is 2.86 bits per heavy atom. The summed E-state index contributed by atoms with van der Waals surface area (Å²) in [6.45, 7) is 0.332. The van der Waals surface area contributed by atoms with Crippen molar-refractivity contribution in [3.05, 3.63) is 40.8 Å². The fourth-order valence-electron chi connectivity index (χ4n) is 1.30. The summed E-state index contributed by atoms with van der Waals surface area (Å²) in [5.74, 6) is -0.318. The van der Waals surface area contributed by atoms with Gasteiger partial charge in [-0.3, -0.25) is 0 Å². The molecule has 0 saturated carbocycles. The average molecular weight is 211 g/mol. The van der Waals surface area contributed by atoms with Crippen molar-refractivity contribution >= 4 is 22.5 Å². The Morgan fingerprint density at radius 2 is 2.14 bits per heavy atom. The molecule has 0 amide bonds. The van der Waals surface area contributed by atoms with Crippen LogP contribution in [-0.2, 0) is 6.54 Å². The molecule has 0 fully saturated rings. The Hall–Kier alpha value is -1.19. The van der Waals surface area contributed by atoms with Gasteiger partial charge in [0.05, 0.1) is 5.52 Å². The normalized spacial score (nSPS) is 10.8. The third-order valence-corrected chi connectivity index (χ3v) is 2.35. The van der Waals surface area contributed by atoms with Crippen LogP contribution in [0.5, 0.6) is 0 Å². The van der Waals surface area contributed by atoms with Crippen molar-refractivity contribution in [1.29, 1.82) is 0 Å². The second kappa shape index (κ2) is 3.52. The quantitative estimate of drug-likeness (QED) is 0.735. The van der Waals surface area contributed by atoms with Gasteiger partial charge in [0.2, 0.25) is 0 Å². The molecule has 2 N–H and O–H groups in total. The number of hydrogen-bond donors (Lipinski definition) is 1. The summed E-state index contributed by atoms with van der Waals surface area (Å²) >= 11 is 5.84. The predicted molar refractivity (Wildman–Crippen MR) is 54.6 cm³/mol. The van der Waals surface area contributed by atoms with Crippen LogP contribution in [0.15, 0.2) is 24.3 Å². The van der Waals surface area contributed by atoms with E-state index in [9.17, 15) is 4.39 Å². The lowest BCUT2D eigenvalue weighted by Crippen LogP contribution is -1.98. The van der Waals surface area contributed by atoms with Gasteiger partial charge in [0, 0.05) is 23.6 Å². The van der Waals surface area contributed by atoms with Crippen LogP contribution in [0.4, 0.5) is 4.39 Å². The monoisotopic (exact) mass is 210 g/mol. The van der Waals surface area contributed by atoms with Crippen LogP contribution in [0, 0.1) is 5.82 Å². The number of rotatable bonds is 1. The first-order valence-corrected chi connectivity index (χ1v) is 4.53. The fraction of sp³-hybridized carbons (Fsp3) is 0.100. The van der Waals surface area contributed by atoms with E-state index in [2.05, 4.69) is 4.98 Å². The van der Waals surface area contributed by atoms with Gasteiger partial charge < -0.3 is 5.73 Å². The molecule has 0 unspecified atom stereocenters. The van der Waals surface area contributed by atoms with E-state index in [1.165, 1.54) is 12.1 Å². The van der Waals surface area contributed by atoms with Crippen LogP contribution in [0.2, 0.25) is 5.15 Å². The lowest BCUT2D eigenvalue weighted by atomic mass is 10.1. The highest BCUT2D eigenvalue weighted by molar-refractivity contribution is 6.30. The predicted octanol–water partition coefficient (Wildman–Crippen LogP) is 2.49. The largest absolute Gasteiger partial charge is 0.326 e. The molecular weight excluding hydrogens is 203 g/mol. The number of benzene rings is 1. The molecule has 0 atom stereocenters. The smallest absolute Gasteiger partial charge is 0.134 e. The van der Waals surface area contributed by atoms with Gasteiger partial charge in [0.25, 0.3) is 0 Å². The molecule has 0 aliphatic carbocycles. The fourth-order valence-corrected chi connectivity index (χ4v) is 1.53. The molecule has 4 heteroatoms. The molecule has 14 heavy (non-hydrogen) atoms. The summed E-state index contributed by atoms with van der Waals surface area (Å²) in [6.07, 6.45) is 0. The van der Waals surface area contributed by atoms with E-state index in [0.29, 0.717) is 17.2 Å². The van der Waals surface area contributed by atoms with E-state index in [1.54, 1.807) is 6.07 Å². The van der Waals surface area contributed by atoms with Crippen LogP contribution in [0.1, 0.15) is 5.56 Å². The van der Waals surface area contributed by atoms with Crippen molar-refractivity contribution in [3.63, 3.8) is 0 Å². The van der Waals surface area contributed by atoms with Gasteiger partial charge in [0.15, 0.2) is 0 Å². The summed E-state index contributed by atoms with van der Waals surface area (Å²) in [6, 6.07) is 6.22. The molecule has 0 bridgehead atoms. The van der Waals surface area contributed by atoms with E-state index >= 15 is 0 Å². The van der Waals surface area contributed by atoms with E-state index < -0.39 is 0 Å². The van der Waals surface area contributed by atoms with Crippen LogP contribution < -0.4 is 5.73 Å². The third kappa shape index (κ3) is 1.56. The van der Waals surface area contributed by atoms with E-state index in [0.717, 1.165) is 10.9 Å². The number of hydrogen-bond acceptors (Lipinski definition) is 2. The second-order valence-electron chi connectivity index (χ2n) is 2.98. The molecule has 0 aliphatic heterocycles. The van der Waals surface area contributed by atoms with Crippen molar-refractivity contribution in [2.24, 2.45) is 5.73 Å². The summed E-state index contributed by atoms with van der Waals surface area (Å²) in [5.41, 5.74) is 6.79. The maximum absolute atomic E-state index is 12.8. The Balaban J connectivity index is 2.73. The maximum Gasteiger partial charge on any atom is 0.134 e. The Labute approximate surface area is 85.5 Å². The average Bonchev–Trinajstić information content (AvgIpc) is 2.16. The van der Waals surface area contributed by atoms with E-state index in [-0.39, 0.29) is 5.82 Å². The molecule has 0 aliphatic rings. The Bertz CT molecular complexity index is 485. The Morgan fingerprint density at radius 1 is 1.36 bits per heavy atom. The van der Waals surface area contributed by atoms with Gasteiger partial charge in [-0.2, -0.15) is 0 Å². The first-order chi connectivity index (χ1) is 6.70. The zero-order chi connectivity index (χ0) is 10.1. The highest BCUT2D eigenvalue weighted by Crippen LogP contribution is 2.20. The molecule has 2 nitrogen and oxygen atoms in total. The minimum absolute atomic E-state index is 0.318. The number of pyridine rings is 1. The Kier molecular flexibility index (Phi) is 2.35. The van der Waals surface area contributed by atoms with Gasteiger partial charge in [0.1, 0.15) is 11.0 Å². The number of aromatic nitrogens is 1. The van der Waals surface area contributed by atoms with Crippen molar-refractivity contribution in [1.82, 2.24) is 4.98 Å². The van der Waals surface area contributed by atoms with Crippen LogP contribution >= 0.6 is 11.6 Å². The minimum Gasteiger partial charge on any atom is -0.326 e. The molecular formula is C10H8ClFN2. The molecule has 72 valence electrons. The summed E-state index contributed by atoms with van der Waals surface area (Å²) in [7, 11) is 0. The summed E-state index contributed by atoms with van der Waals surface area (Å²) in [5, 5.41) is 1.18. The molecule has 0 saturated heterocycles. The first kappa shape index (κ1) is 9.37. The lowest BCUT2D eigenvalue weighted by Gasteiger charge is -2.03. The molecule has 1 heterocycles. The van der Waals surface area contributed by atoms with Crippen molar-refractivity contribution < 1.29 is 4.39 Å². The van der Waals surface area contributed by atoms with Crippen LogP contribution in [0.25, 0.3) is 10.9 Å². The van der Waals surface area contributed by atoms with Gasteiger partial charge in [-0.1, -0.05) is 11.6 Å².